The van der Waals surface area contributed by atoms with E-state index in [1.807, 2.05) is 13.0 Å². The van der Waals surface area contributed by atoms with Gasteiger partial charge in [0.1, 0.15) is 0 Å². The first-order valence-electron chi connectivity index (χ1n) is 2.87. The van der Waals surface area contributed by atoms with Crippen molar-refractivity contribution in [2.24, 2.45) is 0 Å². The van der Waals surface area contributed by atoms with Crippen LogP contribution in [0.15, 0.2) is 18.2 Å². The zero-order chi connectivity index (χ0) is 7.56. The van der Waals surface area contributed by atoms with Crippen molar-refractivity contribution in [3.8, 4) is 0 Å². The summed E-state index contributed by atoms with van der Waals surface area (Å²) in [4.78, 5) is 3.30. The van der Waals surface area contributed by atoms with Gasteiger partial charge >= 0.3 is 0 Å². The number of benzene rings is 1. The second-order valence-electron chi connectivity index (χ2n) is 2.04. The minimum atomic E-state index is 0.622. The van der Waals surface area contributed by atoms with Gasteiger partial charge in [0, 0.05) is 5.02 Å². The molecule has 1 aromatic rings. The van der Waals surface area contributed by atoms with Gasteiger partial charge in [0.15, 0.2) is 5.69 Å². The van der Waals surface area contributed by atoms with Crippen molar-refractivity contribution in [1.82, 2.24) is 0 Å². The number of hydrogen-bond donors (Lipinski definition) is 0. The average molecular weight is 152 g/mol. The Morgan fingerprint density at radius 3 is 2.70 bits per heavy atom. The van der Waals surface area contributed by atoms with Crippen LogP contribution >= 0.6 is 11.6 Å². The van der Waals surface area contributed by atoms with Crippen LogP contribution in [-0.4, -0.2) is 0 Å². The maximum Gasteiger partial charge on any atom is 0.191 e. The van der Waals surface area contributed by atoms with Gasteiger partial charge in [-0.05, 0) is 24.6 Å². The molecule has 1 rings (SSSR count). The van der Waals surface area contributed by atoms with Gasteiger partial charge in [-0.15, -0.1) is 0 Å². The molecule has 0 unspecified atom stereocenters. The lowest BCUT2D eigenvalue weighted by Crippen LogP contribution is -1.70. The summed E-state index contributed by atoms with van der Waals surface area (Å²) < 4.78 is 0. The maximum absolute atomic E-state index is 6.75. The lowest BCUT2D eigenvalue weighted by atomic mass is 10.2. The van der Waals surface area contributed by atoms with Gasteiger partial charge in [-0.2, -0.15) is 0 Å². The van der Waals surface area contributed by atoms with E-state index in [0.29, 0.717) is 10.7 Å². The van der Waals surface area contributed by atoms with Crippen molar-refractivity contribution in [3.63, 3.8) is 0 Å². The summed E-state index contributed by atoms with van der Waals surface area (Å²) in [6, 6.07) is 5.30. The monoisotopic (exact) mass is 151 g/mol. The molecule has 0 radical (unpaired) electrons. The third-order valence-electron chi connectivity index (χ3n) is 1.29. The molecule has 0 saturated heterocycles. The Bertz CT molecular complexity index is 286. The van der Waals surface area contributed by atoms with Crippen LogP contribution in [0.3, 0.4) is 0 Å². The number of nitrogens with zero attached hydrogens (tertiary/aromatic N) is 1. The minimum Gasteiger partial charge on any atom is -0.238 e. The molecule has 0 fully saturated rings. The van der Waals surface area contributed by atoms with E-state index in [0.717, 1.165) is 5.56 Å². The van der Waals surface area contributed by atoms with E-state index in [4.69, 9.17) is 18.2 Å². The van der Waals surface area contributed by atoms with E-state index in [9.17, 15) is 0 Å². The number of halogens is 1. The molecule has 1 nitrogen and oxygen atoms in total. The molecule has 0 aliphatic heterocycles. The van der Waals surface area contributed by atoms with Crippen molar-refractivity contribution < 1.29 is 0 Å². The first-order valence-corrected chi connectivity index (χ1v) is 3.25. The molecule has 50 valence electrons. The second kappa shape index (κ2) is 2.72. The molecule has 0 N–H and O–H groups in total. The normalized spacial score (nSPS) is 8.90. The third-order valence-corrected chi connectivity index (χ3v) is 1.53. The predicted molar refractivity (Wildman–Crippen MR) is 42.5 cm³/mol. The fourth-order valence-electron chi connectivity index (χ4n) is 0.703. The van der Waals surface area contributed by atoms with E-state index in [1.54, 1.807) is 12.1 Å². The van der Waals surface area contributed by atoms with Gasteiger partial charge < -0.3 is 0 Å². The molecule has 0 amide bonds. The van der Waals surface area contributed by atoms with Gasteiger partial charge in [-0.3, -0.25) is 0 Å². The van der Waals surface area contributed by atoms with Crippen LogP contribution in [-0.2, 0) is 0 Å². The quantitative estimate of drug-likeness (QED) is 0.502. The maximum atomic E-state index is 6.75. The van der Waals surface area contributed by atoms with Crippen molar-refractivity contribution in [2.45, 2.75) is 6.92 Å². The Balaban J connectivity index is 3.25. The van der Waals surface area contributed by atoms with Crippen LogP contribution in [0.2, 0.25) is 5.02 Å². The summed E-state index contributed by atoms with van der Waals surface area (Å²) >= 11 is 5.65. The molecular weight excluding hydrogens is 146 g/mol. The van der Waals surface area contributed by atoms with Crippen LogP contribution in [0.25, 0.3) is 4.85 Å². The molecule has 0 aliphatic rings. The van der Waals surface area contributed by atoms with Crippen LogP contribution < -0.4 is 0 Å². The van der Waals surface area contributed by atoms with E-state index in [-0.39, 0.29) is 0 Å². The highest BCUT2D eigenvalue weighted by molar-refractivity contribution is 6.30. The molecule has 0 bridgehead atoms. The topological polar surface area (TPSA) is 4.36 Å². The minimum absolute atomic E-state index is 0.622. The molecule has 10 heavy (non-hydrogen) atoms. The summed E-state index contributed by atoms with van der Waals surface area (Å²) in [6.45, 7) is 8.64. The Kier molecular flexibility index (Phi) is 1.94. The van der Waals surface area contributed by atoms with Crippen molar-refractivity contribution in [1.29, 1.82) is 0 Å². The summed E-state index contributed by atoms with van der Waals surface area (Å²) in [5.41, 5.74) is 1.60. The SMILES string of the molecule is [C-]#[N+]c1cc(Cl)ccc1C. The molecule has 2 heteroatoms. The fourth-order valence-corrected chi connectivity index (χ4v) is 0.869. The molecule has 0 spiro atoms. The van der Waals surface area contributed by atoms with Gasteiger partial charge in [-0.1, -0.05) is 17.7 Å². The summed E-state index contributed by atoms with van der Waals surface area (Å²) in [6.07, 6.45) is 0. The highest BCUT2D eigenvalue weighted by Gasteiger charge is 1.95. The van der Waals surface area contributed by atoms with Crippen molar-refractivity contribution >= 4 is 17.3 Å². The molecule has 0 aliphatic carbocycles. The van der Waals surface area contributed by atoms with Gasteiger partial charge in [0.2, 0.25) is 0 Å². The van der Waals surface area contributed by atoms with Crippen LogP contribution in [0.5, 0.6) is 0 Å². The summed E-state index contributed by atoms with van der Waals surface area (Å²) in [5, 5.41) is 0.622. The Morgan fingerprint density at radius 1 is 1.50 bits per heavy atom. The van der Waals surface area contributed by atoms with Crippen LogP contribution in [0, 0.1) is 13.5 Å². The molecule has 0 aromatic heterocycles. The highest BCUT2D eigenvalue weighted by Crippen LogP contribution is 2.22. The Hall–Kier alpha value is -1.00. The molecule has 0 saturated carbocycles. The van der Waals surface area contributed by atoms with Crippen LogP contribution in [0.4, 0.5) is 5.69 Å². The fraction of sp³-hybridized carbons (Fsp3) is 0.125. The molecule has 0 atom stereocenters. The average Bonchev–Trinajstić information content (AvgIpc) is 1.94. The summed E-state index contributed by atoms with van der Waals surface area (Å²) in [7, 11) is 0. The smallest absolute Gasteiger partial charge is 0.191 e. The third kappa shape index (κ3) is 1.29. The van der Waals surface area contributed by atoms with Gasteiger partial charge in [0.25, 0.3) is 0 Å². The van der Waals surface area contributed by atoms with E-state index >= 15 is 0 Å². The predicted octanol–water partition coefficient (Wildman–Crippen LogP) is 3.20. The Morgan fingerprint density at radius 2 is 2.20 bits per heavy atom. The van der Waals surface area contributed by atoms with Crippen molar-refractivity contribution in [3.05, 3.63) is 40.2 Å². The lowest BCUT2D eigenvalue weighted by Gasteiger charge is -1.94. The largest absolute Gasteiger partial charge is 0.238 e. The van der Waals surface area contributed by atoms with Gasteiger partial charge in [0.05, 0.1) is 6.57 Å². The zero-order valence-electron chi connectivity index (χ0n) is 5.56. The number of aryl methyl sites for hydroxylation is 1. The van der Waals surface area contributed by atoms with E-state index in [1.165, 1.54) is 0 Å². The standard InChI is InChI=1S/C8H6ClN/c1-6-3-4-7(9)5-8(6)10-2/h3-5H,1H3. The van der Waals surface area contributed by atoms with Gasteiger partial charge in [-0.25, -0.2) is 4.85 Å². The van der Waals surface area contributed by atoms with E-state index in [2.05, 4.69) is 4.85 Å². The first-order chi connectivity index (χ1) is 4.74. The molecule has 1 aromatic carbocycles. The highest BCUT2D eigenvalue weighted by atomic mass is 35.5. The first kappa shape index (κ1) is 7.11. The molecular formula is C8H6ClN. The lowest BCUT2D eigenvalue weighted by molar-refractivity contribution is 1.49. The van der Waals surface area contributed by atoms with Crippen LogP contribution in [0.1, 0.15) is 5.56 Å². The second-order valence-corrected chi connectivity index (χ2v) is 2.48. The number of rotatable bonds is 0. The molecule has 0 heterocycles. The van der Waals surface area contributed by atoms with Crippen molar-refractivity contribution in [2.75, 3.05) is 0 Å². The zero-order valence-corrected chi connectivity index (χ0v) is 6.31. The van der Waals surface area contributed by atoms with E-state index < -0.39 is 0 Å². The summed E-state index contributed by atoms with van der Waals surface area (Å²) in [5.74, 6) is 0. The Labute approximate surface area is 65.1 Å². The number of hydrogen-bond acceptors (Lipinski definition) is 0.